The van der Waals surface area contributed by atoms with Crippen LogP contribution >= 0.6 is 0 Å². The van der Waals surface area contributed by atoms with Crippen molar-refractivity contribution in [2.75, 3.05) is 5.73 Å². The molecule has 2 aromatic heterocycles. The fraction of sp³-hybridized carbons (Fsp3) is 0.385. The molecule has 0 amide bonds. The van der Waals surface area contributed by atoms with Gasteiger partial charge >= 0.3 is 0 Å². The summed E-state index contributed by atoms with van der Waals surface area (Å²) in [5, 5.41) is 4.26. The Morgan fingerprint density at radius 2 is 2.22 bits per heavy atom. The number of hydrogen-bond donors (Lipinski definition) is 1. The summed E-state index contributed by atoms with van der Waals surface area (Å²) in [6, 6.07) is 7.92. The van der Waals surface area contributed by atoms with Gasteiger partial charge in [-0.05, 0) is 25.0 Å². The first-order valence-corrected chi connectivity index (χ1v) is 6.19. The first kappa shape index (κ1) is 11.1. The lowest BCUT2D eigenvalue weighted by atomic mass is 10.2. The summed E-state index contributed by atoms with van der Waals surface area (Å²) in [6.45, 7) is 0. The Balaban J connectivity index is 1.62. The van der Waals surface area contributed by atoms with Crippen molar-refractivity contribution in [2.45, 2.75) is 31.4 Å². The first-order valence-electron chi connectivity index (χ1n) is 6.19. The van der Waals surface area contributed by atoms with E-state index in [-0.39, 0.29) is 6.10 Å². The molecule has 0 aromatic carbocycles. The molecule has 0 bridgehead atoms. The van der Waals surface area contributed by atoms with E-state index in [0.717, 1.165) is 19.3 Å². The molecule has 2 heterocycles. The number of rotatable bonds is 3. The average molecular weight is 244 g/mol. The molecule has 5 nitrogen and oxygen atoms in total. The number of ether oxygens (including phenoxy) is 1. The lowest BCUT2D eigenvalue weighted by Crippen LogP contribution is -2.14. The van der Waals surface area contributed by atoms with Gasteiger partial charge in [-0.2, -0.15) is 5.10 Å². The minimum atomic E-state index is 0.218. The molecule has 1 aliphatic rings. The topological polar surface area (TPSA) is 66.0 Å². The van der Waals surface area contributed by atoms with Crippen molar-refractivity contribution in [1.29, 1.82) is 0 Å². The van der Waals surface area contributed by atoms with Gasteiger partial charge in [-0.15, -0.1) is 0 Å². The van der Waals surface area contributed by atoms with Crippen molar-refractivity contribution in [1.82, 2.24) is 14.8 Å². The maximum atomic E-state index is 5.85. The molecule has 1 saturated carbocycles. The zero-order valence-electron chi connectivity index (χ0n) is 10.1. The highest BCUT2D eigenvalue weighted by Crippen LogP contribution is 2.32. The Bertz CT molecular complexity index is 511. The second-order valence-corrected chi connectivity index (χ2v) is 4.60. The second kappa shape index (κ2) is 4.68. The molecule has 5 heteroatoms. The number of hydrogen-bond acceptors (Lipinski definition) is 4. The Kier molecular flexibility index (Phi) is 2.88. The highest BCUT2D eigenvalue weighted by molar-refractivity contribution is 5.24. The summed E-state index contributed by atoms with van der Waals surface area (Å²) >= 11 is 0. The van der Waals surface area contributed by atoms with Crippen molar-refractivity contribution in [3.8, 4) is 5.88 Å². The molecule has 0 radical (unpaired) electrons. The molecule has 3 rings (SSSR count). The van der Waals surface area contributed by atoms with E-state index in [1.54, 1.807) is 6.20 Å². The van der Waals surface area contributed by atoms with Crippen LogP contribution in [0.5, 0.6) is 5.88 Å². The number of nitrogens with zero attached hydrogens (tertiary/aromatic N) is 3. The van der Waals surface area contributed by atoms with Crippen molar-refractivity contribution >= 4 is 5.82 Å². The van der Waals surface area contributed by atoms with Crippen LogP contribution in [0.1, 0.15) is 25.3 Å². The molecular formula is C13H16N4O. The monoisotopic (exact) mass is 244 g/mol. The standard InChI is InChI=1S/C13H16N4O/c14-12-6-8-17(16-12)10-4-5-11(9-10)18-13-3-1-2-7-15-13/h1-3,6-8,10-11H,4-5,9H2,(H2,14,16). The normalized spacial score (nSPS) is 23.1. The summed E-state index contributed by atoms with van der Waals surface area (Å²) in [5.74, 6) is 1.27. The van der Waals surface area contributed by atoms with E-state index in [1.165, 1.54) is 0 Å². The van der Waals surface area contributed by atoms with Crippen LogP contribution < -0.4 is 10.5 Å². The van der Waals surface area contributed by atoms with Gasteiger partial charge in [0.05, 0.1) is 6.04 Å². The number of pyridine rings is 1. The van der Waals surface area contributed by atoms with E-state index in [4.69, 9.17) is 10.5 Å². The fourth-order valence-electron chi connectivity index (χ4n) is 2.41. The summed E-state index contributed by atoms with van der Waals surface area (Å²) in [4.78, 5) is 4.18. The van der Waals surface area contributed by atoms with Gasteiger partial charge in [-0.3, -0.25) is 4.68 Å². The van der Waals surface area contributed by atoms with Crippen molar-refractivity contribution < 1.29 is 4.74 Å². The molecule has 18 heavy (non-hydrogen) atoms. The van der Waals surface area contributed by atoms with Gasteiger partial charge in [0, 0.05) is 24.9 Å². The predicted octanol–water partition coefficient (Wildman–Crippen LogP) is 2.03. The molecule has 2 unspecified atom stereocenters. The van der Waals surface area contributed by atoms with Crippen molar-refractivity contribution in [2.24, 2.45) is 0 Å². The zero-order valence-corrected chi connectivity index (χ0v) is 10.1. The van der Waals surface area contributed by atoms with E-state index < -0.39 is 0 Å². The highest BCUT2D eigenvalue weighted by Gasteiger charge is 2.28. The Labute approximate surface area is 106 Å². The van der Waals surface area contributed by atoms with Gasteiger partial charge < -0.3 is 10.5 Å². The molecule has 94 valence electrons. The smallest absolute Gasteiger partial charge is 0.213 e. The number of nitrogens with two attached hydrogens (primary N) is 1. The third-order valence-corrected chi connectivity index (χ3v) is 3.29. The zero-order chi connectivity index (χ0) is 12.4. The molecule has 2 N–H and O–H groups in total. The van der Waals surface area contributed by atoms with Gasteiger partial charge in [0.15, 0.2) is 0 Å². The van der Waals surface area contributed by atoms with Gasteiger partial charge in [0.1, 0.15) is 11.9 Å². The number of nitrogen functional groups attached to an aromatic ring is 1. The minimum Gasteiger partial charge on any atom is -0.474 e. The van der Waals surface area contributed by atoms with E-state index in [1.807, 2.05) is 35.1 Å². The Morgan fingerprint density at radius 3 is 2.94 bits per heavy atom. The van der Waals surface area contributed by atoms with Crippen LogP contribution in [0.15, 0.2) is 36.7 Å². The lowest BCUT2D eigenvalue weighted by molar-refractivity contribution is 0.195. The largest absolute Gasteiger partial charge is 0.474 e. The third kappa shape index (κ3) is 2.30. The summed E-state index contributed by atoms with van der Waals surface area (Å²) in [7, 11) is 0. The SMILES string of the molecule is Nc1ccn(C2CCC(Oc3ccccn3)C2)n1. The Hall–Kier alpha value is -2.04. The van der Waals surface area contributed by atoms with Gasteiger partial charge in [-0.1, -0.05) is 6.07 Å². The molecule has 0 saturated heterocycles. The van der Waals surface area contributed by atoms with Gasteiger partial charge in [-0.25, -0.2) is 4.98 Å². The second-order valence-electron chi connectivity index (χ2n) is 4.60. The van der Waals surface area contributed by atoms with Crippen LogP contribution in [0.2, 0.25) is 0 Å². The van der Waals surface area contributed by atoms with Crippen LogP contribution in [0, 0.1) is 0 Å². The van der Waals surface area contributed by atoms with Crippen molar-refractivity contribution in [3.05, 3.63) is 36.7 Å². The van der Waals surface area contributed by atoms with Crippen LogP contribution in [-0.2, 0) is 0 Å². The average Bonchev–Trinajstić information content (AvgIpc) is 2.99. The van der Waals surface area contributed by atoms with Crippen LogP contribution in [0.3, 0.4) is 0 Å². The van der Waals surface area contributed by atoms with E-state index in [9.17, 15) is 0 Å². The summed E-state index contributed by atoms with van der Waals surface area (Å²) < 4.78 is 7.79. The summed E-state index contributed by atoms with van der Waals surface area (Å²) in [5.41, 5.74) is 5.63. The third-order valence-electron chi connectivity index (χ3n) is 3.29. The number of anilines is 1. The maximum Gasteiger partial charge on any atom is 0.213 e. The van der Waals surface area contributed by atoms with Crippen LogP contribution in [-0.4, -0.2) is 20.9 Å². The van der Waals surface area contributed by atoms with Gasteiger partial charge in [0.2, 0.25) is 5.88 Å². The molecular weight excluding hydrogens is 228 g/mol. The molecule has 0 aliphatic heterocycles. The van der Waals surface area contributed by atoms with E-state index in [2.05, 4.69) is 10.1 Å². The predicted molar refractivity (Wildman–Crippen MR) is 68.2 cm³/mol. The quantitative estimate of drug-likeness (QED) is 0.897. The molecule has 2 atom stereocenters. The van der Waals surface area contributed by atoms with Crippen LogP contribution in [0.25, 0.3) is 0 Å². The minimum absolute atomic E-state index is 0.218. The molecule has 1 aliphatic carbocycles. The first-order chi connectivity index (χ1) is 8.81. The highest BCUT2D eigenvalue weighted by atomic mass is 16.5. The van der Waals surface area contributed by atoms with Crippen molar-refractivity contribution in [3.63, 3.8) is 0 Å². The van der Waals surface area contributed by atoms with E-state index >= 15 is 0 Å². The lowest BCUT2D eigenvalue weighted by Gasteiger charge is -2.13. The summed E-state index contributed by atoms with van der Waals surface area (Å²) in [6.07, 6.45) is 6.95. The van der Waals surface area contributed by atoms with E-state index in [0.29, 0.717) is 17.7 Å². The maximum absolute atomic E-state index is 5.85. The molecule has 1 fully saturated rings. The fourth-order valence-corrected chi connectivity index (χ4v) is 2.41. The van der Waals surface area contributed by atoms with Gasteiger partial charge in [0.25, 0.3) is 0 Å². The molecule has 2 aromatic rings. The van der Waals surface area contributed by atoms with Crippen LogP contribution in [0.4, 0.5) is 5.82 Å². The Morgan fingerprint density at radius 1 is 1.28 bits per heavy atom. The number of aromatic nitrogens is 3. The molecule has 0 spiro atoms.